The van der Waals surface area contributed by atoms with E-state index >= 15 is 0 Å². The molecule has 0 aliphatic carbocycles. The molecule has 0 aliphatic heterocycles. The summed E-state index contributed by atoms with van der Waals surface area (Å²) in [4.78, 5) is 29.9. The van der Waals surface area contributed by atoms with Gasteiger partial charge in [-0.25, -0.2) is 0 Å². The van der Waals surface area contributed by atoms with Crippen molar-refractivity contribution < 1.29 is 9.59 Å². The number of amides is 2. The van der Waals surface area contributed by atoms with E-state index in [0.29, 0.717) is 30.2 Å². The molecule has 3 rings (SSSR count). The van der Waals surface area contributed by atoms with Crippen molar-refractivity contribution in [1.82, 2.24) is 10.2 Å². The second kappa shape index (κ2) is 12.8. The Balaban J connectivity index is 1.83. The van der Waals surface area contributed by atoms with Crippen molar-refractivity contribution in [3.63, 3.8) is 0 Å². The minimum absolute atomic E-state index is 0.0414. The average Bonchev–Trinajstić information content (AvgIpc) is 2.82. The van der Waals surface area contributed by atoms with Crippen molar-refractivity contribution in [3.05, 3.63) is 101 Å². The molecule has 3 aromatic rings. The Hall–Kier alpha value is -2.76. The van der Waals surface area contributed by atoms with E-state index in [0.717, 1.165) is 16.0 Å². The molecule has 0 radical (unpaired) electrons. The molecule has 0 saturated carbocycles. The number of hydrogen-bond donors (Lipinski definition) is 1. The van der Waals surface area contributed by atoms with Gasteiger partial charge in [0.25, 0.3) is 0 Å². The Labute approximate surface area is 218 Å². The normalized spacial score (nSPS) is 12.1. The molecule has 1 atom stereocenters. The molecule has 4 nitrogen and oxygen atoms in total. The quantitative estimate of drug-likeness (QED) is 0.323. The average molecular weight is 509 g/mol. The van der Waals surface area contributed by atoms with Crippen LogP contribution in [-0.4, -0.2) is 34.0 Å². The lowest BCUT2D eigenvalue weighted by Crippen LogP contribution is -2.54. The van der Waals surface area contributed by atoms with Gasteiger partial charge in [0.2, 0.25) is 11.8 Å². The maximum atomic E-state index is 13.6. The van der Waals surface area contributed by atoms with Crippen molar-refractivity contribution in [1.29, 1.82) is 0 Å². The summed E-state index contributed by atoms with van der Waals surface area (Å²) in [7, 11) is 0. The smallest absolute Gasteiger partial charge is 0.243 e. The first-order valence-electron chi connectivity index (χ1n) is 11.8. The van der Waals surface area contributed by atoms with E-state index in [9.17, 15) is 9.59 Å². The van der Waals surface area contributed by atoms with Gasteiger partial charge in [-0.3, -0.25) is 9.59 Å². The summed E-state index contributed by atoms with van der Waals surface area (Å²) in [5.74, 6) is 0.432. The zero-order valence-electron chi connectivity index (χ0n) is 20.5. The van der Waals surface area contributed by atoms with Gasteiger partial charge in [0.15, 0.2) is 0 Å². The van der Waals surface area contributed by atoms with Crippen LogP contribution in [0.15, 0.2) is 89.8 Å². The second-order valence-electron chi connectivity index (χ2n) is 9.50. The molecule has 184 valence electrons. The van der Waals surface area contributed by atoms with Crippen LogP contribution in [0.4, 0.5) is 0 Å². The van der Waals surface area contributed by atoms with Gasteiger partial charge in [-0.1, -0.05) is 72.3 Å². The van der Waals surface area contributed by atoms with Crippen LogP contribution in [-0.2, 0) is 22.6 Å². The lowest BCUT2D eigenvalue weighted by molar-refractivity contribution is -0.141. The Morgan fingerprint density at radius 2 is 1.46 bits per heavy atom. The maximum absolute atomic E-state index is 13.6. The lowest BCUT2D eigenvalue weighted by atomic mass is 10.0. The number of halogens is 1. The topological polar surface area (TPSA) is 49.4 Å². The highest BCUT2D eigenvalue weighted by Gasteiger charge is 2.32. The highest BCUT2D eigenvalue weighted by atomic mass is 35.5. The van der Waals surface area contributed by atoms with Crippen LogP contribution in [0.25, 0.3) is 0 Å². The molecule has 0 fully saturated rings. The fraction of sp³-hybridized carbons (Fsp3) is 0.310. The summed E-state index contributed by atoms with van der Waals surface area (Å²) in [5.41, 5.74) is 1.61. The number of thioether (sulfide) groups is 1. The van der Waals surface area contributed by atoms with Crippen LogP contribution >= 0.6 is 23.4 Å². The fourth-order valence-corrected chi connectivity index (χ4v) is 4.68. The van der Waals surface area contributed by atoms with Crippen LogP contribution < -0.4 is 5.32 Å². The van der Waals surface area contributed by atoms with E-state index in [1.807, 2.05) is 106 Å². The Morgan fingerprint density at radius 3 is 2.03 bits per heavy atom. The highest BCUT2D eigenvalue weighted by molar-refractivity contribution is 7.99. The van der Waals surface area contributed by atoms with Gasteiger partial charge in [-0.05, 0) is 56.2 Å². The minimum atomic E-state index is -0.620. The SMILES string of the molecule is CC(C)(C)NC(=O)[C@H](Cc1ccccc1)N(Cc1ccccc1)C(=O)CCSc1ccc(Cl)cc1. The maximum Gasteiger partial charge on any atom is 0.243 e. The van der Waals surface area contributed by atoms with Crippen molar-refractivity contribution >= 4 is 35.2 Å². The molecule has 6 heteroatoms. The van der Waals surface area contributed by atoms with E-state index < -0.39 is 11.6 Å². The summed E-state index contributed by atoms with van der Waals surface area (Å²) in [6.07, 6.45) is 0.778. The fourth-order valence-electron chi connectivity index (χ4n) is 3.72. The number of nitrogens with one attached hydrogen (secondary N) is 1. The largest absolute Gasteiger partial charge is 0.350 e. The van der Waals surface area contributed by atoms with Gasteiger partial charge in [0.05, 0.1) is 0 Å². The van der Waals surface area contributed by atoms with Crippen LogP contribution in [0.5, 0.6) is 0 Å². The summed E-state index contributed by atoms with van der Waals surface area (Å²) >= 11 is 7.59. The molecule has 0 bridgehead atoms. The number of hydrogen-bond acceptors (Lipinski definition) is 3. The van der Waals surface area contributed by atoms with Gasteiger partial charge in [0.1, 0.15) is 6.04 Å². The molecular weight excluding hydrogens is 476 g/mol. The molecule has 3 aromatic carbocycles. The molecule has 1 N–H and O–H groups in total. The van der Waals surface area contributed by atoms with E-state index in [-0.39, 0.29) is 11.8 Å². The van der Waals surface area contributed by atoms with Crippen LogP contribution in [0.1, 0.15) is 38.3 Å². The summed E-state index contributed by atoms with van der Waals surface area (Å²) in [6.45, 7) is 6.24. The number of rotatable bonds is 10. The molecule has 0 aromatic heterocycles. The molecular formula is C29H33ClN2O2S. The standard InChI is InChI=1S/C29H33ClN2O2S/c1-29(2,3)31-28(34)26(20-22-10-6-4-7-11-22)32(21-23-12-8-5-9-13-23)27(33)18-19-35-25-16-14-24(30)15-17-25/h4-17,26H,18-21H2,1-3H3,(H,31,34)/t26-/m0/s1. The first-order chi connectivity index (χ1) is 16.7. The number of benzene rings is 3. The van der Waals surface area contributed by atoms with Gasteiger partial charge in [-0.15, -0.1) is 11.8 Å². The van der Waals surface area contributed by atoms with Crippen LogP contribution in [0.2, 0.25) is 5.02 Å². The van der Waals surface area contributed by atoms with Crippen molar-refractivity contribution in [2.24, 2.45) is 0 Å². The van der Waals surface area contributed by atoms with Gasteiger partial charge in [0, 0.05) is 40.6 Å². The van der Waals surface area contributed by atoms with Crippen molar-refractivity contribution in [2.45, 2.75) is 56.6 Å². The molecule has 0 heterocycles. The predicted octanol–water partition coefficient (Wildman–Crippen LogP) is 6.38. The lowest BCUT2D eigenvalue weighted by Gasteiger charge is -2.34. The number of carbonyl (C=O) groups excluding carboxylic acids is 2. The van der Waals surface area contributed by atoms with E-state index in [1.54, 1.807) is 16.7 Å². The van der Waals surface area contributed by atoms with Crippen LogP contribution in [0, 0.1) is 0 Å². The Kier molecular flexibility index (Phi) is 9.82. The molecule has 0 saturated heterocycles. The molecule has 35 heavy (non-hydrogen) atoms. The third-order valence-corrected chi connectivity index (χ3v) is 6.63. The van der Waals surface area contributed by atoms with E-state index in [2.05, 4.69) is 5.32 Å². The third-order valence-electron chi connectivity index (χ3n) is 5.36. The minimum Gasteiger partial charge on any atom is -0.350 e. The molecule has 0 spiro atoms. The van der Waals surface area contributed by atoms with Crippen molar-refractivity contribution in [2.75, 3.05) is 5.75 Å². The predicted molar refractivity (Wildman–Crippen MR) is 146 cm³/mol. The summed E-state index contributed by atoms with van der Waals surface area (Å²) in [5, 5.41) is 3.79. The van der Waals surface area contributed by atoms with Gasteiger partial charge >= 0.3 is 0 Å². The number of carbonyl (C=O) groups is 2. The van der Waals surface area contributed by atoms with E-state index in [1.165, 1.54) is 0 Å². The number of nitrogens with zero attached hydrogens (tertiary/aromatic N) is 1. The molecule has 2 amide bonds. The zero-order valence-corrected chi connectivity index (χ0v) is 22.1. The second-order valence-corrected chi connectivity index (χ2v) is 11.1. The molecule has 0 aliphatic rings. The first-order valence-corrected chi connectivity index (χ1v) is 13.2. The van der Waals surface area contributed by atoms with Gasteiger partial charge in [-0.2, -0.15) is 0 Å². The Morgan fingerprint density at radius 1 is 0.886 bits per heavy atom. The van der Waals surface area contributed by atoms with Crippen molar-refractivity contribution in [3.8, 4) is 0 Å². The van der Waals surface area contributed by atoms with Crippen LogP contribution in [0.3, 0.4) is 0 Å². The first kappa shape index (κ1) is 26.8. The summed E-state index contributed by atoms with van der Waals surface area (Å²) < 4.78 is 0. The zero-order chi connectivity index (χ0) is 25.3. The monoisotopic (exact) mass is 508 g/mol. The Bertz CT molecular complexity index is 1080. The van der Waals surface area contributed by atoms with Gasteiger partial charge < -0.3 is 10.2 Å². The summed E-state index contributed by atoms with van der Waals surface area (Å²) in [6, 6.07) is 26.7. The highest BCUT2D eigenvalue weighted by Crippen LogP contribution is 2.23. The van der Waals surface area contributed by atoms with E-state index in [4.69, 9.17) is 11.6 Å². The molecule has 0 unspecified atom stereocenters. The third kappa shape index (κ3) is 9.08.